The van der Waals surface area contributed by atoms with Gasteiger partial charge in [-0.3, -0.25) is 14.9 Å². The Kier molecular flexibility index (Phi) is 9.25. The lowest BCUT2D eigenvalue weighted by atomic mass is 10.0. The van der Waals surface area contributed by atoms with Gasteiger partial charge in [-0.05, 0) is 53.6 Å². The van der Waals surface area contributed by atoms with Crippen LogP contribution in [0.25, 0.3) is 6.08 Å². The molecule has 0 spiro atoms. The molecule has 11 heteroatoms. The standard InChI is InChI=1S/C26H25F3N4O4/c27-26(28,29)37-20-12-10-19(11-13-20)32-25(36)24(31-15-16-34)18-8-5-17(6-9-18)7-14-23(35)33-22-4-2-1-3-21(22)30/h1-14,24,31,34H,15-16,30H2,(H,32,36)(H,33,35)/b14-7+. The number of nitrogens with two attached hydrogens (primary N) is 1. The highest BCUT2D eigenvalue weighted by molar-refractivity contribution is 6.03. The van der Waals surface area contributed by atoms with Crippen molar-refractivity contribution in [3.8, 4) is 5.75 Å². The van der Waals surface area contributed by atoms with Crippen molar-refractivity contribution in [2.45, 2.75) is 12.4 Å². The van der Waals surface area contributed by atoms with E-state index in [1.165, 1.54) is 18.2 Å². The Morgan fingerprint density at radius 1 is 0.973 bits per heavy atom. The Balaban J connectivity index is 1.65. The molecule has 0 fully saturated rings. The van der Waals surface area contributed by atoms with Crippen LogP contribution >= 0.6 is 0 Å². The van der Waals surface area contributed by atoms with Crippen molar-refractivity contribution in [1.82, 2.24) is 5.32 Å². The zero-order valence-electron chi connectivity index (χ0n) is 19.5. The average Bonchev–Trinajstić information content (AvgIpc) is 2.85. The van der Waals surface area contributed by atoms with E-state index in [4.69, 9.17) is 5.73 Å². The minimum Gasteiger partial charge on any atom is -0.406 e. The molecule has 0 bridgehead atoms. The number of rotatable bonds is 10. The first-order chi connectivity index (χ1) is 17.6. The number of hydrogen-bond donors (Lipinski definition) is 5. The monoisotopic (exact) mass is 514 g/mol. The Morgan fingerprint density at radius 3 is 2.27 bits per heavy atom. The lowest BCUT2D eigenvalue weighted by Crippen LogP contribution is -2.34. The Morgan fingerprint density at radius 2 is 1.65 bits per heavy atom. The number of para-hydroxylation sites is 2. The Hall–Kier alpha value is -4.35. The average molecular weight is 515 g/mol. The van der Waals surface area contributed by atoms with Gasteiger partial charge in [-0.25, -0.2) is 0 Å². The molecular weight excluding hydrogens is 489 g/mol. The van der Waals surface area contributed by atoms with Crippen molar-refractivity contribution >= 4 is 35.0 Å². The number of alkyl halides is 3. The maximum absolute atomic E-state index is 12.9. The van der Waals surface area contributed by atoms with Crippen LogP contribution in [0.5, 0.6) is 5.75 Å². The number of ether oxygens (including phenoxy) is 1. The summed E-state index contributed by atoms with van der Waals surface area (Å²) >= 11 is 0. The predicted molar refractivity (Wildman–Crippen MR) is 135 cm³/mol. The van der Waals surface area contributed by atoms with E-state index in [1.807, 2.05) is 0 Å². The van der Waals surface area contributed by atoms with Crippen molar-refractivity contribution < 1.29 is 32.6 Å². The summed E-state index contributed by atoms with van der Waals surface area (Å²) in [6, 6.07) is 17.5. The van der Waals surface area contributed by atoms with Crippen LogP contribution in [-0.2, 0) is 9.59 Å². The summed E-state index contributed by atoms with van der Waals surface area (Å²) in [5, 5.41) is 17.4. The number of hydrogen-bond acceptors (Lipinski definition) is 6. The molecule has 8 nitrogen and oxygen atoms in total. The first kappa shape index (κ1) is 27.2. The van der Waals surface area contributed by atoms with Gasteiger partial charge in [-0.2, -0.15) is 0 Å². The van der Waals surface area contributed by atoms with Crippen molar-refractivity contribution in [3.05, 3.63) is 90.0 Å². The molecule has 0 saturated carbocycles. The zero-order chi connectivity index (χ0) is 26.8. The van der Waals surface area contributed by atoms with Gasteiger partial charge in [0.2, 0.25) is 11.8 Å². The molecule has 37 heavy (non-hydrogen) atoms. The van der Waals surface area contributed by atoms with Crippen molar-refractivity contribution in [3.63, 3.8) is 0 Å². The summed E-state index contributed by atoms with van der Waals surface area (Å²) in [7, 11) is 0. The fourth-order valence-corrected chi connectivity index (χ4v) is 3.28. The summed E-state index contributed by atoms with van der Waals surface area (Å²) in [6.07, 6.45) is -1.87. The highest BCUT2D eigenvalue weighted by Gasteiger charge is 2.31. The van der Waals surface area contributed by atoms with Gasteiger partial charge >= 0.3 is 6.36 Å². The van der Waals surface area contributed by atoms with E-state index in [2.05, 4.69) is 20.7 Å². The Bertz CT molecular complexity index is 1230. The van der Waals surface area contributed by atoms with Gasteiger partial charge in [0.25, 0.3) is 0 Å². The van der Waals surface area contributed by atoms with Gasteiger partial charge in [0, 0.05) is 18.3 Å². The van der Waals surface area contributed by atoms with Crippen LogP contribution in [0.3, 0.4) is 0 Å². The lowest BCUT2D eigenvalue weighted by molar-refractivity contribution is -0.274. The second kappa shape index (κ2) is 12.6. The summed E-state index contributed by atoms with van der Waals surface area (Å²) in [6.45, 7) is -0.0873. The van der Waals surface area contributed by atoms with Crippen LogP contribution in [0, 0.1) is 0 Å². The largest absolute Gasteiger partial charge is 0.573 e. The third-order valence-electron chi connectivity index (χ3n) is 4.99. The molecule has 0 aliphatic carbocycles. The maximum atomic E-state index is 12.9. The van der Waals surface area contributed by atoms with Crippen LogP contribution in [0.1, 0.15) is 17.2 Å². The molecule has 3 rings (SSSR count). The summed E-state index contributed by atoms with van der Waals surface area (Å²) in [5.74, 6) is -1.26. The first-order valence-electron chi connectivity index (χ1n) is 11.1. The molecule has 3 aromatic carbocycles. The quantitative estimate of drug-likeness (QED) is 0.205. The van der Waals surface area contributed by atoms with Gasteiger partial charge in [0.05, 0.1) is 18.0 Å². The number of anilines is 3. The second-order valence-electron chi connectivity index (χ2n) is 7.75. The third-order valence-corrected chi connectivity index (χ3v) is 4.99. The number of nitrogen functional groups attached to an aromatic ring is 1. The smallest absolute Gasteiger partial charge is 0.406 e. The number of halogens is 3. The van der Waals surface area contributed by atoms with Gasteiger partial charge in [-0.1, -0.05) is 36.4 Å². The summed E-state index contributed by atoms with van der Waals surface area (Å²) < 4.78 is 40.8. The number of benzene rings is 3. The first-order valence-corrected chi connectivity index (χ1v) is 11.1. The highest BCUT2D eigenvalue weighted by atomic mass is 19.4. The summed E-state index contributed by atoms with van der Waals surface area (Å²) in [4.78, 5) is 25.1. The van der Waals surface area contributed by atoms with Crippen molar-refractivity contribution in [1.29, 1.82) is 0 Å². The van der Waals surface area contributed by atoms with Gasteiger partial charge in [-0.15, -0.1) is 13.2 Å². The van der Waals surface area contributed by atoms with E-state index in [0.717, 1.165) is 12.1 Å². The van der Waals surface area contributed by atoms with Gasteiger partial charge < -0.3 is 26.2 Å². The number of carbonyl (C=O) groups is 2. The molecule has 6 N–H and O–H groups in total. The summed E-state index contributed by atoms with van der Waals surface area (Å²) in [5.41, 5.74) is 8.29. The van der Waals surface area contributed by atoms with E-state index in [0.29, 0.717) is 22.5 Å². The molecule has 3 aromatic rings. The fourth-order valence-electron chi connectivity index (χ4n) is 3.28. The van der Waals surface area contributed by atoms with Crippen molar-refractivity contribution in [2.24, 2.45) is 0 Å². The van der Waals surface area contributed by atoms with Crippen LogP contribution in [0.15, 0.2) is 78.9 Å². The zero-order valence-corrected chi connectivity index (χ0v) is 19.5. The van der Waals surface area contributed by atoms with E-state index in [9.17, 15) is 27.9 Å². The molecular formula is C26H25F3N4O4. The molecule has 0 saturated heterocycles. The number of nitrogens with one attached hydrogen (secondary N) is 3. The van der Waals surface area contributed by atoms with Crippen LogP contribution in [0.4, 0.5) is 30.2 Å². The minimum absolute atomic E-state index is 0.126. The SMILES string of the molecule is Nc1ccccc1NC(=O)/C=C/c1ccc(C(NCCO)C(=O)Nc2ccc(OC(F)(F)F)cc2)cc1. The molecule has 0 aliphatic rings. The molecule has 1 atom stereocenters. The predicted octanol–water partition coefficient (Wildman–Crippen LogP) is 4.08. The third kappa shape index (κ3) is 8.67. The van der Waals surface area contributed by atoms with Crippen LogP contribution in [0.2, 0.25) is 0 Å². The number of amides is 2. The molecule has 0 heterocycles. The van der Waals surface area contributed by atoms with E-state index in [-0.39, 0.29) is 24.7 Å². The molecule has 0 aliphatic heterocycles. The highest BCUT2D eigenvalue weighted by Crippen LogP contribution is 2.25. The van der Waals surface area contributed by atoms with Crippen LogP contribution < -0.4 is 26.4 Å². The topological polar surface area (TPSA) is 126 Å². The minimum atomic E-state index is -4.81. The Labute approximate surface area is 210 Å². The number of aliphatic hydroxyl groups is 1. The lowest BCUT2D eigenvalue weighted by Gasteiger charge is -2.19. The molecule has 2 amide bonds. The van der Waals surface area contributed by atoms with Gasteiger partial charge in [0.1, 0.15) is 11.8 Å². The molecule has 194 valence electrons. The van der Waals surface area contributed by atoms with E-state index in [1.54, 1.807) is 54.6 Å². The van der Waals surface area contributed by atoms with Crippen LogP contribution in [-0.4, -0.2) is 36.4 Å². The fraction of sp³-hybridized carbons (Fsp3) is 0.154. The molecule has 0 radical (unpaired) electrons. The number of carbonyl (C=O) groups excluding carboxylic acids is 2. The normalized spacial score (nSPS) is 12.2. The molecule has 0 aromatic heterocycles. The number of aliphatic hydroxyl groups excluding tert-OH is 1. The van der Waals surface area contributed by atoms with Gasteiger partial charge in [0.15, 0.2) is 0 Å². The van der Waals surface area contributed by atoms with Crippen molar-refractivity contribution in [2.75, 3.05) is 29.5 Å². The molecule has 1 unspecified atom stereocenters. The maximum Gasteiger partial charge on any atom is 0.573 e. The van der Waals surface area contributed by atoms with E-state index < -0.39 is 24.1 Å². The second-order valence-corrected chi connectivity index (χ2v) is 7.75. The van der Waals surface area contributed by atoms with E-state index >= 15 is 0 Å².